The summed E-state index contributed by atoms with van der Waals surface area (Å²) < 4.78 is 6.54. The lowest BCUT2D eigenvalue weighted by Crippen LogP contribution is -2.33. The van der Waals surface area contributed by atoms with E-state index in [1.807, 2.05) is 20.8 Å². The van der Waals surface area contributed by atoms with Crippen LogP contribution in [0.4, 0.5) is 5.95 Å². The molecule has 8 heteroatoms. The Hall–Kier alpha value is -3.00. The van der Waals surface area contributed by atoms with E-state index in [0.717, 1.165) is 0 Å². The lowest BCUT2D eigenvalue weighted by atomic mass is 9.92. The summed E-state index contributed by atoms with van der Waals surface area (Å²) in [6.07, 6.45) is 3.03. The van der Waals surface area contributed by atoms with E-state index in [9.17, 15) is 9.90 Å². The molecule has 0 fully saturated rings. The van der Waals surface area contributed by atoms with Crippen LogP contribution in [0.5, 0.6) is 5.88 Å². The van der Waals surface area contributed by atoms with Gasteiger partial charge in [0.25, 0.3) is 5.56 Å². The smallest absolute Gasteiger partial charge is 0.262 e. The van der Waals surface area contributed by atoms with Gasteiger partial charge >= 0.3 is 0 Å². The number of hydrogen-bond acceptors (Lipinski definition) is 7. The molecule has 0 bridgehead atoms. The highest BCUT2D eigenvalue weighted by molar-refractivity contribution is 5.82. The van der Waals surface area contributed by atoms with Gasteiger partial charge < -0.3 is 15.2 Å². The third-order valence-electron chi connectivity index (χ3n) is 4.45. The van der Waals surface area contributed by atoms with Gasteiger partial charge in [0.05, 0.1) is 12.5 Å². The number of nitrogens with one attached hydrogen (secondary N) is 1. The van der Waals surface area contributed by atoms with Gasteiger partial charge in [0.1, 0.15) is 16.8 Å². The van der Waals surface area contributed by atoms with E-state index in [0.29, 0.717) is 28.3 Å². The molecule has 28 heavy (non-hydrogen) atoms. The molecule has 3 rings (SSSR count). The zero-order valence-electron chi connectivity index (χ0n) is 16.9. The normalized spacial score (nSPS) is 14.0. The molecule has 1 atom stereocenters. The lowest BCUT2D eigenvalue weighted by Gasteiger charge is -2.26. The maximum Gasteiger partial charge on any atom is 0.262 e. The minimum atomic E-state index is -1.50. The van der Waals surface area contributed by atoms with Crippen LogP contribution in [0, 0.1) is 0 Å². The average Bonchev–Trinajstić information content (AvgIpc) is 2.64. The minimum absolute atomic E-state index is 0.218. The van der Waals surface area contributed by atoms with Crippen molar-refractivity contribution in [3.63, 3.8) is 0 Å². The van der Waals surface area contributed by atoms with E-state index in [2.05, 4.69) is 20.3 Å². The molecule has 0 saturated carbocycles. The van der Waals surface area contributed by atoms with Crippen LogP contribution < -0.4 is 15.6 Å². The summed E-state index contributed by atoms with van der Waals surface area (Å²) in [6.45, 7) is 7.54. The van der Waals surface area contributed by atoms with Crippen LogP contribution in [0.2, 0.25) is 0 Å². The van der Waals surface area contributed by atoms with E-state index in [-0.39, 0.29) is 16.8 Å². The molecule has 1 unspecified atom stereocenters. The fourth-order valence-corrected chi connectivity index (χ4v) is 2.93. The lowest BCUT2D eigenvalue weighted by molar-refractivity contribution is 0.0984. The van der Waals surface area contributed by atoms with Crippen molar-refractivity contribution in [3.8, 4) is 5.88 Å². The maximum absolute atomic E-state index is 12.9. The second-order valence-corrected chi connectivity index (χ2v) is 7.89. The third kappa shape index (κ3) is 3.55. The van der Waals surface area contributed by atoms with Crippen LogP contribution in [0.15, 0.2) is 35.4 Å². The summed E-state index contributed by atoms with van der Waals surface area (Å²) in [7, 11) is 3.18. The predicted octanol–water partition coefficient (Wildman–Crippen LogP) is 2.20. The number of anilines is 1. The van der Waals surface area contributed by atoms with Crippen LogP contribution in [-0.4, -0.2) is 37.3 Å². The summed E-state index contributed by atoms with van der Waals surface area (Å²) in [5, 5.41) is 14.9. The largest absolute Gasteiger partial charge is 0.481 e. The highest BCUT2D eigenvalue weighted by Gasteiger charge is 2.31. The molecule has 0 aliphatic heterocycles. The Morgan fingerprint density at radius 3 is 2.43 bits per heavy atom. The molecular weight excluding hydrogens is 358 g/mol. The summed E-state index contributed by atoms with van der Waals surface area (Å²) in [5.41, 5.74) is -0.873. The van der Waals surface area contributed by atoms with Crippen molar-refractivity contribution in [3.05, 3.63) is 52.2 Å². The second kappa shape index (κ2) is 6.87. The van der Waals surface area contributed by atoms with E-state index in [1.54, 1.807) is 32.2 Å². The third-order valence-corrected chi connectivity index (χ3v) is 4.45. The number of fused-ring (bicyclic) bond motifs is 1. The van der Waals surface area contributed by atoms with Gasteiger partial charge in [-0.15, -0.1) is 0 Å². The van der Waals surface area contributed by atoms with Crippen LogP contribution in [0.3, 0.4) is 0 Å². The first kappa shape index (κ1) is 19.8. The molecule has 0 spiro atoms. The van der Waals surface area contributed by atoms with Crippen LogP contribution in [0.25, 0.3) is 10.9 Å². The zero-order valence-corrected chi connectivity index (χ0v) is 16.9. The quantitative estimate of drug-likeness (QED) is 0.712. The molecular formula is C20H25N5O3. The Morgan fingerprint density at radius 2 is 1.86 bits per heavy atom. The first-order valence-corrected chi connectivity index (χ1v) is 8.92. The van der Waals surface area contributed by atoms with Crippen molar-refractivity contribution >= 4 is 16.9 Å². The standard InChI is InChI=1S/C20H25N5O3/c1-19(2,3)24-18-23-15-13(17(26)25(18)5)9-10-21-16(15)20(4,27)12-7-8-14(28-6)22-11-12/h7-11,27H,1-6H3,(H,23,24). The molecule has 148 valence electrons. The molecule has 0 saturated heterocycles. The van der Waals surface area contributed by atoms with Crippen molar-refractivity contribution in [2.75, 3.05) is 12.4 Å². The Morgan fingerprint density at radius 1 is 1.14 bits per heavy atom. The average molecular weight is 383 g/mol. The van der Waals surface area contributed by atoms with Crippen molar-refractivity contribution in [2.45, 2.75) is 38.8 Å². The van der Waals surface area contributed by atoms with E-state index in [1.165, 1.54) is 24.1 Å². The predicted molar refractivity (Wildman–Crippen MR) is 108 cm³/mol. The van der Waals surface area contributed by atoms with Crippen molar-refractivity contribution in [2.24, 2.45) is 7.05 Å². The van der Waals surface area contributed by atoms with Crippen LogP contribution in [0.1, 0.15) is 39.0 Å². The maximum atomic E-state index is 12.9. The zero-order chi connectivity index (χ0) is 20.7. The topological polar surface area (TPSA) is 102 Å². The second-order valence-electron chi connectivity index (χ2n) is 7.89. The first-order chi connectivity index (χ1) is 13.0. The first-order valence-electron chi connectivity index (χ1n) is 8.92. The number of ether oxygens (including phenoxy) is 1. The SMILES string of the molecule is COc1ccc(C(C)(O)c2nccc3c(=O)n(C)c(NC(C)(C)C)nc23)cn1. The molecule has 8 nitrogen and oxygen atoms in total. The van der Waals surface area contributed by atoms with Crippen molar-refractivity contribution in [1.82, 2.24) is 19.5 Å². The summed E-state index contributed by atoms with van der Waals surface area (Å²) in [5.74, 6) is 0.844. The van der Waals surface area contributed by atoms with E-state index >= 15 is 0 Å². The molecule has 0 aromatic carbocycles. The van der Waals surface area contributed by atoms with Crippen molar-refractivity contribution < 1.29 is 9.84 Å². The number of methoxy groups -OCH3 is 1. The summed E-state index contributed by atoms with van der Waals surface area (Å²) in [4.78, 5) is 26.0. The molecule has 3 aromatic heterocycles. The highest BCUT2D eigenvalue weighted by Crippen LogP contribution is 2.31. The summed E-state index contributed by atoms with van der Waals surface area (Å²) >= 11 is 0. The van der Waals surface area contributed by atoms with Gasteiger partial charge in [-0.3, -0.25) is 14.3 Å². The molecule has 3 aromatic rings. The van der Waals surface area contributed by atoms with Gasteiger partial charge in [-0.1, -0.05) is 0 Å². The number of rotatable bonds is 4. The van der Waals surface area contributed by atoms with Gasteiger partial charge in [0.15, 0.2) is 0 Å². The fraction of sp³-hybridized carbons (Fsp3) is 0.400. The van der Waals surface area contributed by atoms with Crippen molar-refractivity contribution in [1.29, 1.82) is 0 Å². The molecule has 0 aliphatic rings. The Kier molecular flexibility index (Phi) is 4.84. The molecule has 0 amide bonds. The van der Waals surface area contributed by atoms with E-state index in [4.69, 9.17) is 4.74 Å². The summed E-state index contributed by atoms with van der Waals surface area (Å²) in [6, 6.07) is 4.98. The number of aromatic nitrogens is 4. The van der Waals surface area contributed by atoms with Gasteiger partial charge in [-0.05, 0) is 39.8 Å². The highest BCUT2D eigenvalue weighted by atomic mass is 16.5. The van der Waals surface area contributed by atoms with Gasteiger partial charge in [-0.2, -0.15) is 0 Å². The Balaban J connectivity index is 2.24. The molecule has 0 aliphatic carbocycles. The van der Waals surface area contributed by atoms with Crippen LogP contribution >= 0.6 is 0 Å². The number of nitrogens with zero attached hydrogens (tertiary/aromatic N) is 4. The number of hydrogen-bond donors (Lipinski definition) is 2. The van der Waals surface area contributed by atoms with Gasteiger partial charge in [0, 0.05) is 36.6 Å². The fourth-order valence-electron chi connectivity index (χ4n) is 2.93. The molecule has 2 N–H and O–H groups in total. The van der Waals surface area contributed by atoms with Gasteiger partial charge in [-0.25, -0.2) is 9.97 Å². The minimum Gasteiger partial charge on any atom is -0.481 e. The Labute approximate surface area is 163 Å². The molecule has 3 heterocycles. The van der Waals surface area contributed by atoms with E-state index < -0.39 is 5.60 Å². The molecule has 0 radical (unpaired) electrons. The number of aliphatic hydroxyl groups is 1. The monoisotopic (exact) mass is 383 g/mol. The number of pyridine rings is 2. The van der Waals surface area contributed by atoms with Gasteiger partial charge in [0.2, 0.25) is 11.8 Å². The van der Waals surface area contributed by atoms with Crippen LogP contribution in [-0.2, 0) is 12.6 Å². The Bertz CT molecular complexity index is 1070.